The molecule has 0 atom stereocenters. The smallest absolute Gasteiger partial charge is 0.182 e. The molecule has 0 amide bonds. The van der Waals surface area contributed by atoms with Crippen molar-refractivity contribution < 1.29 is 5.11 Å². The third kappa shape index (κ3) is 3.19. The Morgan fingerprint density at radius 2 is 2.06 bits per heavy atom. The van der Waals surface area contributed by atoms with Crippen molar-refractivity contribution in [2.45, 2.75) is 40.0 Å². The average molecular weight is 242 g/mol. The summed E-state index contributed by atoms with van der Waals surface area (Å²) in [5.74, 6) is 0. The van der Waals surface area contributed by atoms with E-state index in [2.05, 4.69) is 36.5 Å². The number of aryl methyl sites for hydroxylation is 1. The van der Waals surface area contributed by atoms with Crippen molar-refractivity contribution in [1.29, 1.82) is 0 Å². The molecular weight excluding hydrogens is 220 g/mol. The van der Waals surface area contributed by atoms with Gasteiger partial charge in [0.2, 0.25) is 0 Å². The molecule has 0 unspecified atom stereocenters. The molecule has 16 heavy (non-hydrogen) atoms. The van der Waals surface area contributed by atoms with E-state index in [4.69, 9.17) is 0 Å². The minimum atomic E-state index is -0.00194. The first kappa shape index (κ1) is 13.5. The van der Waals surface area contributed by atoms with Gasteiger partial charge in [0, 0.05) is 17.3 Å². The monoisotopic (exact) mass is 242 g/mol. The van der Waals surface area contributed by atoms with Gasteiger partial charge in [-0.25, -0.2) is 4.98 Å². The molecule has 0 aromatic carbocycles. The second kappa shape index (κ2) is 6.21. The molecule has 0 fully saturated rings. The second-order valence-corrected chi connectivity index (χ2v) is 5.07. The van der Waals surface area contributed by atoms with Crippen LogP contribution in [-0.4, -0.2) is 23.2 Å². The van der Waals surface area contributed by atoms with E-state index >= 15 is 0 Å². The Balaban J connectivity index is 2.55. The van der Waals surface area contributed by atoms with Crippen molar-refractivity contribution in [2.75, 3.05) is 18.5 Å². The number of aliphatic hydroxyl groups excluding tert-OH is 1. The number of hydrogen-bond donors (Lipinski definition) is 2. The van der Waals surface area contributed by atoms with Gasteiger partial charge in [-0.2, -0.15) is 0 Å². The third-order valence-electron chi connectivity index (χ3n) is 3.36. The van der Waals surface area contributed by atoms with Crippen LogP contribution in [0.15, 0.2) is 5.38 Å². The van der Waals surface area contributed by atoms with Gasteiger partial charge in [-0.05, 0) is 19.3 Å². The largest absolute Gasteiger partial charge is 0.396 e. The summed E-state index contributed by atoms with van der Waals surface area (Å²) >= 11 is 1.64. The van der Waals surface area contributed by atoms with Crippen LogP contribution in [0.1, 0.15) is 39.3 Å². The van der Waals surface area contributed by atoms with Crippen LogP contribution in [0.25, 0.3) is 0 Å². The van der Waals surface area contributed by atoms with Gasteiger partial charge in [0.25, 0.3) is 0 Å². The number of thiazole rings is 1. The first-order valence-electron chi connectivity index (χ1n) is 5.98. The highest BCUT2D eigenvalue weighted by molar-refractivity contribution is 7.13. The molecule has 0 aliphatic rings. The zero-order chi connectivity index (χ0) is 12.0. The van der Waals surface area contributed by atoms with E-state index in [1.165, 1.54) is 0 Å². The van der Waals surface area contributed by atoms with Gasteiger partial charge in [0.05, 0.1) is 12.3 Å². The fraction of sp³-hybridized carbons (Fsp3) is 0.750. The zero-order valence-corrected chi connectivity index (χ0v) is 11.2. The molecule has 0 aliphatic carbocycles. The summed E-state index contributed by atoms with van der Waals surface area (Å²) in [5.41, 5.74) is 1.13. The zero-order valence-electron chi connectivity index (χ0n) is 10.4. The van der Waals surface area contributed by atoms with Gasteiger partial charge in [-0.3, -0.25) is 0 Å². The minimum absolute atomic E-state index is 0.00194. The summed E-state index contributed by atoms with van der Waals surface area (Å²) in [6.07, 6.45) is 2.95. The third-order valence-corrected chi connectivity index (χ3v) is 4.21. The van der Waals surface area contributed by atoms with Crippen LogP contribution in [0.2, 0.25) is 0 Å². The highest BCUT2D eigenvalue weighted by Crippen LogP contribution is 2.27. The summed E-state index contributed by atoms with van der Waals surface area (Å²) in [4.78, 5) is 4.46. The minimum Gasteiger partial charge on any atom is -0.396 e. The van der Waals surface area contributed by atoms with E-state index in [0.717, 1.165) is 36.6 Å². The molecule has 92 valence electrons. The maximum atomic E-state index is 9.45. The molecule has 3 nitrogen and oxygen atoms in total. The predicted octanol–water partition coefficient (Wildman–Crippen LogP) is 2.92. The topological polar surface area (TPSA) is 45.1 Å². The van der Waals surface area contributed by atoms with Crippen LogP contribution in [-0.2, 0) is 6.42 Å². The van der Waals surface area contributed by atoms with E-state index in [9.17, 15) is 5.11 Å². The Kier molecular flexibility index (Phi) is 5.22. The molecule has 0 saturated carbocycles. The Morgan fingerprint density at radius 1 is 1.38 bits per heavy atom. The molecule has 0 aliphatic heterocycles. The molecule has 1 rings (SSSR count). The highest BCUT2D eigenvalue weighted by Gasteiger charge is 2.25. The van der Waals surface area contributed by atoms with Gasteiger partial charge in [0.1, 0.15) is 0 Å². The van der Waals surface area contributed by atoms with E-state index in [1.807, 2.05) is 0 Å². The lowest BCUT2D eigenvalue weighted by Crippen LogP contribution is -2.32. The standard InChI is InChI=1S/C12H22N2OS/c1-4-10-7-16-11(14-10)13-8-12(5-2,6-3)9-15/h7,15H,4-6,8-9H2,1-3H3,(H,13,14). The molecule has 0 spiro atoms. The molecule has 1 aromatic rings. The lowest BCUT2D eigenvalue weighted by Gasteiger charge is -2.29. The Bertz CT molecular complexity index is 299. The summed E-state index contributed by atoms with van der Waals surface area (Å²) in [5, 5.41) is 15.8. The Morgan fingerprint density at radius 3 is 2.50 bits per heavy atom. The normalized spacial score (nSPS) is 11.8. The molecule has 2 N–H and O–H groups in total. The lowest BCUT2D eigenvalue weighted by atomic mass is 9.83. The molecule has 1 aromatic heterocycles. The lowest BCUT2D eigenvalue weighted by molar-refractivity contribution is 0.127. The van der Waals surface area contributed by atoms with Crippen LogP contribution in [0.3, 0.4) is 0 Å². The van der Waals surface area contributed by atoms with Crippen LogP contribution in [0.5, 0.6) is 0 Å². The molecular formula is C12H22N2OS. The van der Waals surface area contributed by atoms with Crippen molar-refractivity contribution >= 4 is 16.5 Å². The fourth-order valence-corrected chi connectivity index (χ4v) is 2.39. The Labute approximate surface area is 102 Å². The van der Waals surface area contributed by atoms with E-state index in [-0.39, 0.29) is 12.0 Å². The van der Waals surface area contributed by atoms with Gasteiger partial charge in [-0.1, -0.05) is 20.8 Å². The van der Waals surface area contributed by atoms with E-state index < -0.39 is 0 Å². The van der Waals surface area contributed by atoms with E-state index in [0.29, 0.717) is 0 Å². The quantitative estimate of drug-likeness (QED) is 0.772. The van der Waals surface area contributed by atoms with Crippen molar-refractivity contribution in [1.82, 2.24) is 4.98 Å². The van der Waals surface area contributed by atoms with Crippen LogP contribution in [0, 0.1) is 5.41 Å². The summed E-state index contributed by atoms with van der Waals surface area (Å²) in [6, 6.07) is 0. The summed E-state index contributed by atoms with van der Waals surface area (Å²) in [6.45, 7) is 7.39. The molecule has 0 saturated heterocycles. The van der Waals surface area contributed by atoms with Crippen molar-refractivity contribution in [2.24, 2.45) is 5.41 Å². The number of hydrogen-bond acceptors (Lipinski definition) is 4. The molecule has 1 heterocycles. The van der Waals surface area contributed by atoms with Crippen molar-refractivity contribution in [3.8, 4) is 0 Å². The molecule has 0 bridgehead atoms. The summed E-state index contributed by atoms with van der Waals surface area (Å²) < 4.78 is 0. The van der Waals surface area contributed by atoms with Crippen molar-refractivity contribution in [3.05, 3.63) is 11.1 Å². The molecule has 4 heteroatoms. The van der Waals surface area contributed by atoms with Crippen molar-refractivity contribution in [3.63, 3.8) is 0 Å². The first-order valence-corrected chi connectivity index (χ1v) is 6.86. The Hall–Kier alpha value is -0.610. The average Bonchev–Trinajstić information content (AvgIpc) is 2.80. The second-order valence-electron chi connectivity index (χ2n) is 4.22. The summed E-state index contributed by atoms with van der Waals surface area (Å²) in [7, 11) is 0. The van der Waals surface area contributed by atoms with Crippen LogP contribution in [0.4, 0.5) is 5.13 Å². The van der Waals surface area contributed by atoms with Crippen LogP contribution < -0.4 is 5.32 Å². The fourth-order valence-electron chi connectivity index (χ4n) is 1.59. The maximum Gasteiger partial charge on any atom is 0.182 e. The first-order chi connectivity index (χ1) is 7.69. The van der Waals surface area contributed by atoms with E-state index in [1.54, 1.807) is 11.3 Å². The number of nitrogens with one attached hydrogen (secondary N) is 1. The maximum absolute atomic E-state index is 9.45. The number of aromatic nitrogens is 1. The number of nitrogens with zero attached hydrogens (tertiary/aromatic N) is 1. The highest BCUT2D eigenvalue weighted by atomic mass is 32.1. The van der Waals surface area contributed by atoms with Gasteiger partial charge >= 0.3 is 0 Å². The number of rotatable bonds is 7. The number of aliphatic hydroxyl groups is 1. The molecule has 0 radical (unpaired) electrons. The number of anilines is 1. The van der Waals surface area contributed by atoms with Gasteiger partial charge in [-0.15, -0.1) is 11.3 Å². The van der Waals surface area contributed by atoms with Crippen LogP contribution >= 0.6 is 11.3 Å². The van der Waals surface area contributed by atoms with Gasteiger partial charge in [0.15, 0.2) is 5.13 Å². The van der Waals surface area contributed by atoms with Gasteiger partial charge < -0.3 is 10.4 Å². The predicted molar refractivity (Wildman–Crippen MR) is 70.1 cm³/mol. The SMILES string of the molecule is CCc1csc(NCC(CC)(CC)CO)n1.